The summed E-state index contributed by atoms with van der Waals surface area (Å²) in [6.45, 7) is 0. The minimum atomic E-state index is 0.621. The van der Waals surface area contributed by atoms with E-state index in [1.54, 1.807) is 24.3 Å². The van der Waals surface area contributed by atoms with Gasteiger partial charge in [-0.05, 0) is 24.3 Å². The van der Waals surface area contributed by atoms with Gasteiger partial charge in [-0.2, -0.15) is 0 Å². The van der Waals surface area contributed by atoms with Crippen molar-refractivity contribution in [3.05, 3.63) is 29.8 Å². The fourth-order valence-electron chi connectivity index (χ4n) is 0.960. The van der Waals surface area contributed by atoms with Crippen LogP contribution in [0.15, 0.2) is 24.3 Å². The van der Waals surface area contributed by atoms with E-state index in [2.05, 4.69) is 0 Å². The van der Waals surface area contributed by atoms with Gasteiger partial charge in [0.1, 0.15) is 6.29 Å². The highest BCUT2D eigenvalue weighted by Crippen LogP contribution is 2.14. The summed E-state index contributed by atoms with van der Waals surface area (Å²) < 4.78 is 0. The molecule has 0 spiro atoms. The lowest BCUT2D eigenvalue weighted by molar-refractivity contribution is -0.0433. The van der Waals surface area contributed by atoms with Crippen LogP contribution in [0.2, 0.25) is 0 Å². The number of anilines is 1. The van der Waals surface area contributed by atoms with E-state index < -0.39 is 0 Å². The maximum atomic E-state index is 10.4. The van der Waals surface area contributed by atoms with Crippen molar-refractivity contribution in [1.29, 1.82) is 0 Å². The van der Waals surface area contributed by atoms with E-state index in [1.165, 1.54) is 19.4 Å². The minimum Gasteiger partial charge on any atom is -0.298 e. The topological polar surface area (TPSA) is 38.8 Å². The molecule has 4 nitrogen and oxygen atoms in total. The Bertz CT molecular complexity index is 267. The van der Waals surface area contributed by atoms with Crippen molar-refractivity contribution in [2.24, 2.45) is 0 Å². The van der Waals surface area contributed by atoms with E-state index in [0.717, 1.165) is 12.0 Å². The van der Waals surface area contributed by atoms with Crippen molar-refractivity contribution in [3.63, 3.8) is 0 Å². The zero-order valence-electron chi connectivity index (χ0n) is 7.56. The van der Waals surface area contributed by atoms with Crippen molar-refractivity contribution in [3.8, 4) is 0 Å². The molecule has 1 aromatic rings. The highest BCUT2D eigenvalue weighted by molar-refractivity contribution is 5.75. The molecule has 4 heteroatoms. The normalized spacial score (nSPS) is 9.69. The Kier molecular flexibility index (Phi) is 3.42. The predicted molar refractivity (Wildman–Crippen MR) is 48.3 cm³/mol. The monoisotopic (exact) mass is 181 g/mol. The summed E-state index contributed by atoms with van der Waals surface area (Å²) in [4.78, 5) is 20.1. The first-order valence-electron chi connectivity index (χ1n) is 3.75. The third kappa shape index (κ3) is 2.27. The molecule has 0 aliphatic heterocycles. The molecule has 0 atom stereocenters. The van der Waals surface area contributed by atoms with E-state index in [-0.39, 0.29) is 0 Å². The van der Waals surface area contributed by atoms with Gasteiger partial charge < -0.3 is 0 Å². The molecule has 13 heavy (non-hydrogen) atoms. The molecule has 0 unspecified atom stereocenters. The lowest BCUT2D eigenvalue weighted by atomic mass is 10.2. The first kappa shape index (κ1) is 9.70. The maximum absolute atomic E-state index is 10.4. The summed E-state index contributed by atoms with van der Waals surface area (Å²) in [7, 11) is 2.99. The third-order valence-corrected chi connectivity index (χ3v) is 1.57. The highest BCUT2D eigenvalue weighted by atomic mass is 16.9. The Morgan fingerprint density at radius 3 is 2.08 bits per heavy atom. The average Bonchev–Trinajstić information content (AvgIpc) is 2.21. The van der Waals surface area contributed by atoms with Crippen LogP contribution in [-0.4, -0.2) is 20.5 Å². The molecule has 0 heterocycles. The zero-order valence-corrected chi connectivity index (χ0v) is 7.56. The van der Waals surface area contributed by atoms with E-state index in [9.17, 15) is 4.79 Å². The van der Waals surface area contributed by atoms with Crippen LogP contribution in [0.4, 0.5) is 5.69 Å². The number of carbonyl (C=O) groups excluding carboxylic acids is 1. The molecule has 0 amide bonds. The first-order valence-corrected chi connectivity index (χ1v) is 3.75. The van der Waals surface area contributed by atoms with Gasteiger partial charge in [0, 0.05) is 5.56 Å². The number of rotatable bonds is 4. The van der Waals surface area contributed by atoms with Crippen LogP contribution in [0.1, 0.15) is 10.4 Å². The summed E-state index contributed by atoms with van der Waals surface area (Å²) in [6, 6.07) is 6.84. The molecule has 1 rings (SSSR count). The van der Waals surface area contributed by atoms with Crippen LogP contribution in [-0.2, 0) is 9.68 Å². The molecule has 0 aromatic heterocycles. The first-order chi connectivity index (χ1) is 6.31. The van der Waals surface area contributed by atoms with Crippen LogP contribution in [0.3, 0.4) is 0 Å². The average molecular weight is 181 g/mol. The van der Waals surface area contributed by atoms with Gasteiger partial charge in [-0.1, -0.05) is 0 Å². The second-order valence-electron chi connectivity index (χ2n) is 2.33. The van der Waals surface area contributed by atoms with Gasteiger partial charge in [0.15, 0.2) is 0 Å². The molecule has 0 fully saturated rings. The van der Waals surface area contributed by atoms with Crippen molar-refractivity contribution >= 4 is 12.0 Å². The van der Waals surface area contributed by atoms with Gasteiger partial charge in [0.2, 0.25) is 0 Å². The fraction of sp³-hybridized carbons (Fsp3) is 0.222. The highest BCUT2D eigenvalue weighted by Gasteiger charge is 2.02. The third-order valence-electron chi connectivity index (χ3n) is 1.57. The van der Waals surface area contributed by atoms with E-state index >= 15 is 0 Å². The summed E-state index contributed by atoms with van der Waals surface area (Å²) >= 11 is 0. The van der Waals surface area contributed by atoms with Crippen LogP contribution in [0.5, 0.6) is 0 Å². The maximum Gasteiger partial charge on any atom is 0.150 e. The number of hydrogen-bond donors (Lipinski definition) is 0. The van der Waals surface area contributed by atoms with E-state index in [4.69, 9.17) is 9.68 Å². The molecule has 0 saturated heterocycles. The molecule has 70 valence electrons. The van der Waals surface area contributed by atoms with Crippen molar-refractivity contribution < 1.29 is 14.5 Å². The van der Waals surface area contributed by atoms with E-state index in [1.807, 2.05) is 0 Å². The molecule has 0 aliphatic carbocycles. The fourth-order valence-corrected chi connectivity index (χ4v) is 0.960. The second kappa shape index (κ2) is 4.59. The van der Waals surface area contributed by atoms with Crippen molar-refractivity contribution in [1.82, 2.24) is 0 Å². The SMILES string of the molecule is CON(OC)c1ccc(C=O)cc1. The Labute approximate surface area is 76.6 Å². The van der Waals surface area contributed by atoms with Crippen LogP contribution < -0.4 is 5.23 Å². The zero-order chi connectivity index (χ0) is 9.68. The summed E-state index contributed by atoms with van der Waals surface area (Å²) in [5, 5.41) is 1.24. The number of benzene rings is 1. The predicted octanol–water partition coefficient (Wildman–Crippen LogP) is 1.43. The lowest BCUT2D eigenvalue weighted by Crippen LogP contribution is -2.19. The molecule has 1 aromatic carbocycles. The Hall–Kier alpha value is -1.39. The Morgan fingerprint density at radius 2 is 1.69 bits per heavy atom. The van der Waals surface area contributed by atoms with Gasteiger partial charge in [-0.25, -0.2) is 0 Å². The van der Waals surface area contributed by atoms with Crippen LogP contribution in [0, 0.1) is 0 Å². The summed E-state index contributed by atoms with van der Waals surface area (Å²) in [6.07, 6.45) is 0.785. The number of hydrogen-bond acceptors (Lipinski definition) is 4. The quantitative estimate of drug-likeness (QED) is 0.520. The Morgan fingerprint density at radius 1 is 1.15 bits per heavy atom. The van der Waals surface area contributed by atoms with Gasteiger partial charge in [0.05, 0.1) is 19.9 Å². The number of carbonyl (C=O) groups is 1. The Balaban J connectivity index is 2.83. The van der Waals surface area contributed by atoms with Crippen LogP contribution >= 0.6 is 0 Å². The van der Waals surface area contributed by atoms with Gasteiger partial charge in [-0.15, -0.1) is 5.23 Å². The second-order valence-corrected chi connectivity index (χ2v) is 2.33. The molecular weight excluding hydrogens is 170 g/mol. The molecule has 0 bridgehead atoms. The lowest BCUT2D eigenvalue weighted by Gasteiger charge is -2.17. The van der Waals surface area contributed by atoms with Gasteiger partial charge >= 0.3 is 0 Å². The van der Waals surface area contributed by atoms with Crippen LogP contribution in [0.25, 0.3) is 0 Å². The largest absolute Gasteiger partial charge is 0.298 e. The van der Waals surface area contributed by atoms with Gasteiger partial charge in [0.25, 0.3) is 0 Å². The molecule has 0 aliphatic rings. The standard InChI is InChI=1S/C9H11NO3/c1-12-10(13-2)9-5-3-8(7-11)4-6-9/h3-7H,1-2H3. The summed E-state index contributed by atoms with van der Waals surface area (Å²) in [5.74, 6) is 0. The molecule has 0 saturated carbocycles. The minimum absolute atomic E-state index is 0.621. The van der Waals surface area contributed by atoms with Crippen molar-refractivity contribution in [2.75, 3.05) is 19.4 Å². The van der Waals surface area contributed by atoms with Crippen molar-refractivity contribution in [2.45, 2.75) is 0 Å². The molecule has 0 N–H and O–H groups in total. The summed E-state index contributed by atoms with van der Waals surface area (Å²) in [5.41, 5.74) is 1.35. The molecule has 0 radical (unpaired) electrons. The smallest absolute Gasteiger partial charge is 0.150 e. The molecular formula is C9H11NO3. The number of nitrogens with zero attached hydrogens (tertiary/aromatic N) is 1. The van der Waals surface area contributed by atoms with E-state index in [0.29, 0.717) is 5.56 Å². The number of aldehydes is 1. The van der Waals surface area contributed by atoms with Gasteiger partial charge in [-0.3, -0.25) is 14.5 Å².